The van der Waals surface area contributed by atoms with E-state index in [4.69, 9.17) is 4.74 Å². The van der Waals surface area contributed by atoms with Crippen molar-refractivity contribution in [2.45, 2.75) is 44.9 Å². The van der Waals surface area contributed by atoms with Crippen molar-refractivity contribution >= 4 is 22.4 Å². The number of aldehydes is 1. The molecule has 0 aromatic rings. The molecule has 104 valence electrons. The molecule has 0 aromatic heterocycles. The van der Waals surface area contributed by atoms with Crippen LogP contribution in [-0.2, 0) is 19.6 Å². The molecule has 2 atom stereocenters. The van der Waals surface area contributed by atoms with E-state index in [9.17, 15) is 18.0 Å². The number of carbonyl (C=O) groups is 2. The molecule has 2 N–H and O–H groups in total. The molecule has 1 saturated heterocycles. The fraction of sp³-hybridized carbons (Fsp3) is 0.800. The van der Waals surface area contributed by atoms with Crippen molar-refractivity contribution in [1.82, 2.24) is 10.0 Å². The number of rotatable bonds is 2. The van der Waals surface area contributed by atoms with Crippen molar-refractivity contribution in [3.8, 4) is 0 Å². The van der Waals surface area contributed by atoms with Crippen LogP contribution < -0.4 is 10.0 Å². The van der Waals surface area contributed by atoms with Gasteiger partial charge in [-0.2, -0.15) is 0 Å². The third-order valence-corrected chi connectivity index (χ3v) is 3.70. The van der Waals surface area contributed by atoms with E-state index < -0.39 is 33.8 Å². The number of amides is 1. The van der Waals surface area contributed by atoms with Crippen LogP contribution in [0.5, 0.6) is 0 Å². The predicted molar refractivity (Wildman–Crippen MR) is 64.5 cm³/mol. The van der Waals surface area contributed by atoms with Crippen molar-refractivity contribution < 1.29 is 22.7 Å². The normalized spacial score (nSPS) is 27.3. The molecule has 1 aliphatic heterocycles. The van der Waals surface area contributed by atoms with Gasteiger partial charge in [-0.1, -0.05) is 0 Å². The van der Waals surface area contributed by atoms with Crippen LogP contribution in [0.25, 0.3) is 0 Å². The fourth-order valence-electron chi connectivity index (χ4n) is 1.55. The summed E-state index contributed by atoms with van der Waals surface area (Å²) in [6.45, 7) is 5.15. The molecule has 7 nitrogen and oxygen atoms in total. The third-order valence-electron chi connectivity index (χ3n) is 2.30. The van der Waals surface area contributed by atoms with Crippen LogP contribution in [-0.4, -0.2) is 44.2 Å². The van der Waals surface area contributed by atoms with Crippen molar-refractivity contribution in [2.75, 3.05) is 5.75 Å². The van der Waals surface area contributed by atoms with E-state index in [-0.39, 0.29) is 12.2 Å². The number of hydrogen-bond acceptors (Lipinski definition) is 5. The van der Waals surface area contributed by atoms with Crippen LogP contribution in [0.3, 0.4) is 0 Å². The maximum atomic E-state index is 11.5. The molecule has 1 fully saturated rings. The van der Waals surface area contributed by atoms with E-state index in [2.05, 4.69) is 10.0 Å². The van der Waals surface area contributed by atoms with E-state index in [1.807, 2.05) is 0 Å². The monoisotopic (exact) mass is 278 g/mol. The molecule has 0 bridgehead atoms. The van der Waals surface area contributed by atoms with Gasteiger partial charge >= 0.3 is 6.09 Å². The van der Waals surface area contributed by atoms with Gasteiger partial charge in [0.2, 0.25) is 10.0 Å². The van der Waals surface area contributed by atoms with Crippen LogP contribution in [0.15, 0.2) is 0 Å². The first-order valence-corrected chi connectivity index (χ1v) is 7.23. The standard InChI is InChI=1S/C10H18N2O5S/c1-10(2,3)17-9(14)11-7-4-5-18(15,16)12-8(7)6-13/h6-8,12H,4-5H2,1-3H3,(H,11,14)/t7-,8+/m1/s1. The number of sulfonamides is 1. The first-order chi connectivity index (χ1) is 8.13. The van der Waals surface area contributed by atoms with Crippen molar-refractivity contribution in [3.05, 3.63) is 0 Å². The van der Waals surface area contributed by atoms with E-state index in [0.29, 0.717) is 6.29 Å². The molecule has 0 radical (unpaired) electrons. The van der Waals surface area contributed by atoms with Gasteiger partial charge in [0, 0.05) is 0 Å². The highest BCUT2D eigenvalue weighted by atomic mass is 32.2. The van der Waals surface area contributed by atoms with E-state index >= 15 is 0 Å². The summed E-state index contributed by atoms with van der Waals surface area (Å²) in [7, 11) is -3.42. The number of hydrogen-bond donors (Lipinski definition) is 2. The molecule has 1 aliphatic rings. The van der Waals surface area contributed by atoms with Crippen LogP contribution in [0, 0.1) is 0 Å². The molecule has 1 heterocycles. The van der Waals surface area contributed by atoms with Gasteiger partial charge in [-0.05, 0) is 27.2 Å². The molecular formula is C10H18N2O5S. The second kappa shape index (κ2) is 5.23. The highest BCUT2D eigenvalue weighted by Gasteiger charge is 2.34. The second-order valence-corrected chi connectivity index (χ2v) is 7.01. The largest absolute Gasteiger partial charge is 0.444 e. The van der Waals surface area contributed by atoms with E-state index in [1.54, 1.807) is 20.8 Å². The summed E-state index contributed by atoms with van der Waals surface area (Å²) in [5, 5.41) is 2.49. The van der Waals surface area contributed by atoms with Crippen LogP contribution in [0.2, 0.25) is 0 Å². The highest BCUT2D eigenvalue weighted by molar-refractivity contribution is 7.89. The molecule has 0 aliphatic carbocycles. The molecule has 8 heteroatoms. The molecular weight excluding hydrogens is 260 g/mol. The Kier molecular flexibility index (Phi) is 4.33. The molecule has 0 spiro atoms. The van der Waals surface area contributed by atoms with Gasteiger partial charge in [-0.3, -0.25) is 0 Å². The van der Waals surface area contributed by atoms with Crippen molar-refractivity contribution in [1.29, 1.82) is 0 Å². The Bertz CT molecular complexity index is 426. The Morgan fingerprint density at radius 2 is 2.06 bits per heavy atom. The second-order valence-electron chi connectivity index (χ2n) is 5.14. The smallest absolute Gasteiger partial charge is 0.407 e. The van der Waals surface area contributed by atoms with Gasteiger partial charge in [-0.15, -0.1) is 0 Å². The molecule has 1 amide bonds. The zero-order chi connectivity index (χ0) is 14.0. The maximum absolute atomic E-state index is 11.5. The molecule has 0 saturated carbocycles. The lowest BCUT2D eigenvalue weighted by molar-refractivity contribution is -0.109. The van der Waals surface area contributed by atoms with Crippen molar-refractivity contribution in [2.24, 2.45) is 0 Å². The SMILES string of the molecule is CC(C)(C)OC(=O)N[C@@H]1CCS(=O)(=O)N[C@H]1C=O. The summed E-state index contributed by atoms with van der Waals surface area (Å²) in [5.74, 6) is -0.127. The maximum Gasteiger partial charge on any atom is 0.407 e. The van der Waals surface area contributed by atoms with Gasteiger partial charge in [-0.25, -0.2) is 17.9 Å². The predicted octanol–water partition coefficient (Wildman–Crippen LogP) is -0.230. The lowest BCUT2D eigenvalue weighted by Gasteiger charge is -2.30. The lowest BCUT2D eigenvalue weighted by Crippen LogP contribution is -2.57. The van der Waals surface area contributed by atoms with E-state index in [1.165, 1.54) is 0 Å². The van der Waals surface area contributed by atoms with Gasteiger partial charge in [0.25, 0.3) is 0 Å². The Morgan fingerprint density at radius 3 is 2.56 bits per heavy atom. The van der Waals surface area contributed by atoms with Gasteiger partial charge in [0.05, 0.1) is 17.8 Å². The molecule has 18 heavy (non-hydrogen) atoms. The summed E-state index contributed by atoms with van der Waals surface area (Å²) in [6.07, 6.45) is -0.0167. The quantitative estimate of drug-likeness (QED) is 0.679. The Morgan fingerprint density at radius 1 is 1.44 bits per heavy atom. The number of carbonyl (C=O) groups excluding carboxylic acids is 2. The minimum Gasteiger partial charge on any atom is -0.444 e. The Labute approximate surface area is 106 Å². The first-order valence-electron chi connectivity index (χ1n) is 5.58. The minimum atomic E-state index is -3.42. The Balaban J connectivity index is 2.62. The van der Waals surface area contributed by atoms with Gasteiger partial charge in [0.15, 0.2) is 0 Å². The molecule has 1 rings (SSSR count). The molecule has 0 unspecified atom stereocenters. The van der Waals surface area contributed by atoms with Crippen LogP contribution in [0.4, 0.5) is 4.79 Å². The summed E-state index contributed by atoms with van der Waals surface area (Å²) < 4.78 is 29.8. The summed E-state index contributed by atoms with van der Waals surface area (Å²) in [5.41, 5.74) is -0.644. The number of alkyl carbamates (subject to hydrolysis) is 1. The number of ether oxygens (including phenoxy) is 1. The molecule has 0 aromatic carbocycles. The van der Waals surface area contributed by atoms with E-state index in [0.717, 1.165) is 0 Å². The lowest BCUT2D eigenvalue weighted by atomic mass is 10.1. The summed E-state index contributed by atoms with van der Waals surface area (Å²) >= 11 is 0. The van der Waals surface area contributed by atoms with Gasteiger partial charge in [0.1, 0.15) is 11.9 Å². The summed E-state index contributed by atoms with van der Waals surface area (Å²) in [6, 6.07) is -1.53. The van der Waals surface area contributed by atoms with Crippen LogP contribution in [0.1, 0.15) is 27.2 Å². The van der Waals surface area contributed by atoms with Crippen LogP contribution >= 0.6 is 0 Å². The average molecular weight is 278 g/mol. The van der Waals surface area contributed by atoms with Crippen molar-refractivity contribution in [3.63, 3.8) is 0 Å². The minimum absolute atomic E-state index is 0.127. The average Bonchev–Trinajstić information content (AvgIpc) is 2.17. The third kappa shape index (κ3) is 4.61. The highest BCUT2D eigenvalue weighted by Crippen LogP contribution is 2.11. The Hall–Kier alpha value is -1.15. The fourth-order valence-corrected chi connectivity index (χ4v) is 2.87. The first kappa shape index (κ1) is 14.9. The van der Waals surface area contributed by atoms with Gasteiger partial charge < -0.3 is 14.8 Å². The number of nitrogens with one attached hydrogen (secondary N) is 2. The zero-order valence-electron chi connectivity index (χ0n) is 10.6. The summed E-state index contributed by atoms with van der Waals surface area (Å²) in [4.78, 5) is 22.3. The topological polar surface area (TPSA) is 102 Å². The zero-order valence-corrected chi connectivity index (χ0v) is 11.4.